The molecular weight excluding hydrogens is 956 g/mol. The highest BCUT2D eigenvalue weighted by Gasteiger charge is 2.41. The molecule has 0 saturated heterocycles. The van der Waals surface area contributed by atoms with Gasteiger partial charge in [-0.2, -0.15) is 0 Å². The molecular formula is C55H105O13PSi2. The van der Waals surface area contributed by atoms with Gasteiger partial charge in [0.05, 0.1) is 24.4 Å². The lowest BCUT2D eigenvalue weighted by Crippen LogP contribution is -2.48. The first-order chi connectivity index (χ1) is 33.8. The predicted molar refractivity (Wildman–Crippen MR) is 299 cm³/mol. The van der Waals surface area contributed by atoms with Crippen LogP contribution in [-0.2, 0) is 55.7 Å². The van der Waals surface area contributed by atoms with Crippen molar-refractivity contribution in [1.29, 1.82) is 0 Å². The van der Waals surface area contributed by atoms with E-state index in [1.807, 2.05) is 38.2 Å². The number of unbranched alkanes of at least 4 members (excludes halogenated alkanes) is 2. The molecule has 0 rings (SSSR count). The van der Waals surface area contributed by atoms with Gasteiger partial charge in [-0.05, 0) is 92.9 Å². The monoisotopic (exact) mass is 1060 g/mol. The SMILES string of the molecule is C=CCC/C=C/[C@H](OC)[C@@H](OCOC)[C@H](C)[C@@H](O[Si](CC)(CC)CC)/C(C)=C/[C@H](C)CO.C=CCC/C=C/[C@H](OC)[C@@H](OCOC)[C@H](C)[C@H](O[Si](CC)(CC)CC)/C(C)=C/[C@H](C)C(=O)CP(=O)(OC)OC. The van der Waals surface area contributed by atoms with Crippen LogP contribution in [0.15, 0.2) is 72.9 Å². The van der Waals surface area contributed by atoms with Gasteiger partial charge in [0.15, 0.2) is 22.4 Å². The molecule has 16 heteroatoms. The molecule has 0 aromatic heterocycles. The summed E-state index contributed by atoms with van der Waals surface area (Å²) in [4.78, 5) is 13.0. The molecule has 0 unspecified atom stereocenters. The minimum absolute atomic E-state index is 0.0258. The number of ketones is 1. The molecule has 0 aliphatic heterocycles. The largest absolute Gasteiger partial charge is 0.410 e. The van der Waals surface area contributed by atoms with Crippen LogP contribution in [0, 0.1) is 23.7 Å². The number of Topliss-reactive ketones (excluding diaryl/α,β-unsaturated/α-hetero) is 1. The Morgan fingerprint density at radius 2 is 0.972 bits per heavy atom. The van der Waals surface area contributed by atoms with E-state index >= 15 is 0 Å². The van der Waals surface area contributed by atoms with Gasteiger partial charge in [-0.3, -0.25) is 9.36 Å². The molecule has 0 aliphatic rings. The number of methoxy groups -OCH3 is 4. The van der Waals surface area contributed by atoms with Crippen molar-refractivity contribution in [2.45, 2.75) is 182 Å². The first kappa shape index (κ1) is 71.4. The van der Waals surface area contributed by atoms with E-state index < -0.39 is 30.1 Å². The highest BCUT2D eigenvalue weighted by Crippen LogP contribution is 2.46. The average Bonchev–Trinajstić information content (AvgIpc) is 3.38. The molecule has 10 atom stereocenters. The fraction of sp³-hybridized carbons (Fsp3) is 0.764. The van der Waals surface area contributed by atoms with Crippen molar-refractivity contribution in [3.05, 3.63) is 72.9 Å². The van der Waals surface area contributed by atoms with Crippen LogP contribution in [-0.4, -0.2) is 133 Å². The third-order valence-corrected chi connectivity index (χ3v) is 25.0. The number of hydrogen-bond donors (Lipinski definition) is 1. The van der Waals surface area contributed by atoms with E-state index in [0.29, 0.717) is 0 Å². The molecule has 0 heterocycles. The van der Waals surface area contributed by atoms with Gasteiger partial charge in [-0.1, -0.05) is 118 Å². The van der Waals surface area contributed by atoms with Gasteiger partial charge in [-0.25, -0.2) is 0 Å². The van der Waals surface area contributed by atoms with Crippen LogP contribution in [0.5, 0.6) is 0 Å². The molecule has 0 fully saturated rings. The number of ether oxygens (including phenoxy) is 6. The maximum atomic E-state index is 13.0. The van der Waals surface area contributed by atoms with Crippen LogP contribution in [0.4, 0.5) is 0 Å². The lowest BCUT2D eigenvalue weighted by Gasteiger charge is -2.40. The Hall–Kier alpha value is -1.67. The molecule has 0 spiro atoms. The molecule has 1 N–H and O–H groups in total. The van der Waals surface area contributed by atoms with E-state index in [2.05, 4.69) is 99.8 Å². The maximum Gasteiger partial charge on any atom is 0.337 e. The molecule has 0 radical (unpaired) electrons. The summed E-state index contributed by atoms with van der Waals surface area (Å²) in [6.07, 6.45) is 17.9. The normalized spacial score (nSPS) is 17.5. The lowest BCUT2D eigenvalue weighted by atomic mass is 9.88. The molecule has 0 saturated carbocycles. The Kier molecular flexibility index (Phi) is 40.9. The average molecular weight is 1060 g/mol. The first-order valence-electron chi connectivity index (χ1n) is 26.1. The molecule has 71 heavy (non-hydrogen) atoms. The van der Waals surface area contributed by atoms with Crippen molar-refractivity contribution >= 4 is 30.0 Å². The van der Waals surface area contributed by atoms with Crippen LogP contribution in [0.25, 0.3) is 0 Å². The third-order valence-electron chi connectivity index (χ3n) is 13.9. The summed E-state index contributed by atoms with van der Waals surface area (Å²) in [5.41, 5.74) is 2.07. The quantitative estimate of drug-likeness (QED) is 0.0204. The number of allylic oxidation sites excluding steroid dienone is 5. The van der Waals surface area contributed by atoms with Crippen molar-refractivity contribution in [1.82, 2.24) is 0 Å². The summed E-state index contributed by atoms with van der Waals surface area (Å²) in [7, 11) is 1.80. The van der Waals surface area contributed by atoms with Crippen LogP contribution in [0.1, 0.15) is 109 Å². The summed E-state index contributed by atoms with van der Waals surface area (Å²) in [5.74, 6) is -0.751. The van der Waals surface area contributed by atoms with Crippen molar-refractivity contribution in [3.8, 4) is 0 Å². The zero-order valence-electron chi connectivity index (χ0n) is 48.0. The van der Waals surface area contributed by atoms with E-state index in [4.69, 9.17) is 46.3 Å². The second kappa shape index (κ2) is 40.6. The number of carbonyl (C=O) groups excluding carboxylic acids is 1. The maximum absolute atomic E-state index is 13.0. The van der Waals surface area contributed by atoms with E-state index in [-0.39, 0.29) is 86.5 Å². The molecule has 0 aromatic rings. The van der Waals surface area contributed by atoms with Gasteiger partial charge in [0.2, 0.25) is 0 Å². The van der Waals surface area contributed by atoms with Gasteiger partial charge >= 0.3 is 7.60 Å². The fourth-order valence-corrected chi connectivity index (χ4v) is 15.7. The van der Waals surface area contributed by atoms with Crippen LogP contribution in [0.2, 0.25) is 36.3 Å². The van der Waals surface area contributed by atoms with Gasteiger partial charge in [0, 0.05) is 67.0 Å². The zero-order chi connectivity index (χ0) is 54.6. The summed E-state index contributed by atoms with van der Waals surface area (Å²) in [5, 5.41) is 9.61. The Morgan fingerprint density at radius 3 is 1.27 bits per heavy atom. The molecule has 13 nitrogen and oxygen atoms in total. The summed E-state index contributed by atoms with van der Waals surface area (Å²) < 4.78 is 71.3. The second-order valence-electron chi connectivity index (χ2n) is 18.7. The van der Waals surface area contributed by atoms with Gasteiger partial charge in [0.25, 0.3) is 0 Å². The van der Waals surface area contributed by atoms with Crippen molar-refractivity contribution in [3.63, 3.8) is 0 Å². The highest BCUT2D eigenvalue weighted by atomic mass is 31.2. The minimum Gasteiger partial charge on any atom is -0.410 e. The fourth-order valence-electron chi connectivity index (χ4n) is 8.75. The number of rotatable bonds is 42. The standard InChI is InChI=1S/C29H55O8PSi.C26H50O5Si/c1-12-16-17-18-19-27(33-9)29(36-22-32-8)25(7)28(37-39(13-2,14-3)15-4)24(6)20-23(5)26(30)21-38(31,34-10)35-11;1-10-14-15-16-17-24(29-9)26(30-20-28-8)23(7)25(22(6)18-21(5)19-27)31-32(11-2,12-3)13-4/h12,18-20,23,25,27-29H,1,13-17,21-22H2,2-11H3;10,16-18,21,23-27H,1,11-15,19-20H2,2-9H3/b19-18+,24-20+;17-16+,22-18+/t23-,25+,27-,28+,29-;21-,23+,24-,25-,26-/m00/s1. The number of carbonyl (C=O) groups is 1. The van der Waals surface area contributed by atoms with E-state index in [1.54, 1.807) is 35.4 Å². The number of hydrogen-bond acceptors (Lipinski definition) is 13. The van der Waals surface area contributed by atoms with Crippen LogP contribution < -0.4 is 0 Å². The molecule has 0 aliphatic carbocycles. The second-order valence-corrected chi connectivity index (χ2v) is 30.4. The van der Waals surface area contributed by atoms with Gasteiger partial charge in [-0.15, -0.1) is 13.2 Å². The van der Waals surface area contributed by atoms with Crippen molar-refractivity contribution in [2.75, 3.05) is 69.0 Å². The van der Waals surface area contributed by atoms with E-state index in [0.717, 1.165) is 73.1 Å². The van der Waals surface area contributed by atoms with Gasteiger partial charge in [0.1, 0.15) is 32.0 Å². The van der Waals surface area contributed by atoms with Crippen molar-refractivity contribution in [2.24, 2.45) is 23.7 Å². The first-order valence-corrected chi connectivity index (χ1v) is 32.9. The van der Waals surface area contributed by atoms with Crippen LogP contribution in [0.3, 0.4) is 0 Å². The molecule has 0 amide bonds. The molecule has 0 bridgehead atoms. The Bertz CT molecular complexity index is 1560. The third kappa shape index (κ3) is 26.1. The topological polar surface area (TPSA) is 147 Å². The lowest BCUT2D eigenvalue weighted by molar-refractivity contribution is -0.138. The van der Waals surface area contributed by atoms with Gasteiger partial charge < -0.3 is 51.4 Å². The van der Waals surface area contributed by atoms with Crippen molar-refractivity contribution < 1.29 is 60.8 Å². The van der Waals surface area contributed by atoms with E-state index in [1.165, 1.54) is 14.2 Å². The number of aliphatic hydroxyl groups is 1. The Morgan fingerprint density at radius 1 is 0.606 bits per heavy atom. The van der Waals surface area contributed by atoms with Crippen LogP contribution >= 0.6 is 7.60 Å². The summed E-state index contributed by atoms with van der Waals surface area (Å²) >= 11 is 0. The zero-order valence-corrected chi connectivity index (χ0v) is 50.9. The Labute approximate surface area is 436 Å². The Balaban J connectivity index is 0. The smallest absolute Gasteiger partial charge is 0.337 e. The minimum atomic E-state index is -3.45. The number of aliphatic hydroxyl groups excluding tert-OH is 1. The highest BCUT2D eigenvalue weighted by molar-refractivity contribution is 7.54. The molecule has 0 aromatic carbocycles. The summed E-state index contributed by atoms with van der Waals surface area (Å²) in [6.45, 7) is 33.5. The predicted octanol–water partition coefficient (Wildman–Crippen LogP) is 13.3. The summed E-state index contributed by atoms with van der Waals surface area (Å²) in [6, 6.07) is 6.16. The van der Waals surface area contributed by atoms with E-state index in [9.17, 15) is 14.5 Å². The molecule has 416 valence electrons.